The number of nitrogens with one attached hydrogen (secondary N) is 1. The molecule has 1 N–H and O–H groups in total. The fourth-order valence-corrected chi connectivity index (χ4v) is 3.38. The first kappa shape index (κ1) is 20.3. The number of hydrogen-bond donors (Lipinski definition) is 1. The van der Waals surface area contributed by atoms with Gasteiger partial charge in [-0.15, -0.1) is 0 Å². The fraction of sp³-hybridized carbons (Fsp3) is 0.619. The normalized spacial score (nSPS) is 15.4. The number of carbonyl (C=O) groups is 2. The van der Waals surface area contributed by atoms with Crippen LogP contribution in [0.4, 0.5) is 5.69 Å². The molecular weight excluding hydrogens is 328 g/mol. The molecule has 0 unspecified atom stereocenters. The van der Waals surface area contributed by atoms with Gasteiger partial charge in [-0.25, -0.2) is 0 Å². The average Bonchev–Trinajstić information content (AvgIpc) is 2.84. The van der Waals surface area contributed by atoms with E-state index in [1.54, 1.807) is 4.90 Å². The molecule has 26 heavy (non-hydrogen) atoms. The maximum Gasteiger partial charge on any atom is 0.223 e. The first-order valence-corrected chi connectivity index (χ1v) is 9.80. The van der Waals surface area contributed by atoms with Crippen molar-refractivity contribution >= 4 is 17.5 Å². The Morgan fingerprint density at radius 3 is 2.27 bits per heavy atom. The summed E-state index contributed by atoms with van der Waals surface area (Å²) in [7, 11) is 0. The molecule has 1 aromatic carbocycles. The quantitative estimate of drug-likeness (QED) is 0.746. The molecule has 144 valence electrons. The largest absolute Gasteiger partial charge is 0.491 e. The lowest BCUT2D eigenvalue weighted by Gasteiger charge is -2.22. The molecule has 1 fully saturated rings. The van der Waals surface area contributed by atoms with Gasteiger partial charge in [-0.3, -0.25) is 9.59 Å². The molecule has 0 radical (unpaired) electrons. The summed E-state index contributed by atoms with van der Waals surface area (Å²) in [6.45, 7) is 5.87. The van der Waals surface area contributed by atoms with Gasteiger partial charge in [0.2, 0.25) is 11.8 Å². The first-order valence-electron chi connectivity index (χ1n) is 9.80. The van der Waals surface area contributed by atoms with Crippen molar-refractivity contribution in [1.29, 1.82) is 0 Å². The highest BCUT2D eigenvalue weighted by molar-refractivity contribution is 5.92. The van der Waals surface area contributed by atoms with Crippen LogP contribution in [0.25, 0.3) is 0 Å². The second kappa shape index (κ2) is 10.2. The van der Waals surface area contributed by atoms with Gasteiger partial charge in [-0.1, -0.05) is 25.7 Å². The van der Waals surface area contributed by atoms with E-state index in [1.807, 2.05) is 38.1 Å². The van der Waals surface area contributed by atoms with Crippen molar-refractivity contribution in [3.63, 3.8) is 0 Å². The molecule has 5 heteroatoms. The summed E-state index contributed by atoms with van der Waals surface area (Å²) in [6.07, 6.45) is 7.48. The van der Waals surface area contributed by atoms with Crippen LogP contribution in [-0.4, -0.2) is 30.5 Å². The number of hydrogen-bond acceptors (Lipinski definition) is 3. The van der Waals surface area contributed by atoms with Crippen LogP contribution in [0.2, 0.25) is 0 Å². The summed E-state index contributed by atoms with van der Waals surface area (Å²) in [5, 5.41) is 3.14. The van der Waals surface area contributed by atoms with E-state index in [9.17, 15) is 9.59 Å². The maximum atomic E-state index is 12.3. The van der Waals surface area contributed by atoms with E-state index in [0.717, 1.165) is 24.3 Å². The van der Waals surface area contributed by atoms with Crippen molar-refractivity contribution in [3.05, 3.63) is 24.3 Å². The highest BCUT2D eigenvalue weighted by Crippen LogP contribution is 2.21. The number of rotatable bonds is 7. The molecule has 1 aromatic rings. The third-order valence-corrected chi connectivity index (χ3v) is 4.68. The Balaban J connectivity index is 1.89. The van der Waals surface area contributed by atoms with Crippen molar-refractivity contribution in [2.24, 2.45) is 0 Å². The van der Waals surface area contributed by atoms with E-state index in [2.05, 4.69) is 5.32 Å². The van der Waals surface area contributed by atoms with Gasteiger partial charge in [0.05, 0.1) is 6.10 Å². The summed E-state index contributed by atoms with van der Waals surface area (Å²) in [4.78, 5) is 26.0. The van der Waals surface area contributed by atoms with Crippen molar-refractivity contribution in [3.8, 4) is 5.75 Å². The van der Waals surface area contributed by atoms with Crippen LogP contribution in [0.1, 0.15) is 65.7 Å². The van der Waals surface area contributed by atoms with E-state index in [0.29, 0.717) is 19.0 Å². The predicted molar refractivity (Wildman–Crippen MR) is 104 cm³/mol. The van der Waals surface area contributed by atoms with E-state index in [-0.39, 0.29) is 17.9 Å². The van der Waals surface area contributed by atoms with E-state index >= 15 is 0 Å². The number of carbonyl (C=O) groups excluding carboxylic acids is 2. The van der Waals surface area contributed by atoms with Crippen molar-refractivity contribution in [2.75, 3.05) is 11.4 Å². The second-order valence-corrected chi connectivity index (χ2v) is 7.34. The molecule has 5 nitrogen and oxygen atoms in total. The van der Waals surface area contributed by atoms with Crippen LogP contribution in [0, 0.1) is 0 Å². The third kappa shape index (κ3) is 6.70. The summed E-state index contributed by atoms with van der Waals surface area (Å²) < 4.78 is 5.63. The molecule has 0 aromatic heterocycles. The Morgan fingerprint density at radius 2 is 1.73 bits per heavy atom. The molecule has 2 rings (SSSR count). The predicted octanol–water partition coefficient (Wildman–Crippen LogP) is 4.06. The Morgan fingerprint density at radius 1 is 1.12 bits per heavy atom. The number of anilines is 1. The highest BCUT2D eigenvalue weighted by Gasteiger charge is 2.17. The minimum absolute atomic E-state index is 0.0305. The lowest BCUT2D eigenvalue weighted by molar-refractivity contribution is -0.121. The zero-order valence-corrected chi connectivity index (χ0v) is 16.3. The van der Waals surface area contributed by atoms with Crippen LogP contribution < -0.4 is 15.0 Å². The highest BCUT2D eigenvalue weighted by atomic mass is 16.5. The first-order chi connectivity index (χ1) is 12.5. The van der Waals surface area contributed by atoms with Gasteiger partial charge in [0.1, 0.15) is 5.75 Å². The van der Waals surface area contributed by atoms with Crippen molar-refractivity contribution in [1.82, 2.24) is 5.32 Å². The van der Waals surface area contributed by atoms with Gasteiger partial charge in [0.25, 0.3) is 0 Å². The Labute approximate surface area is 157 Å². The van der Waals surface area contributed by atoms with Crippen LogP contribution in [0.3, 0.4) is 0 Å². The molecule has 1 saturated carbocycles. The molecule has 0 saturated heterocycles. The second-order valence-electron chi connectivity index (χ2n) is 7.34. The lowest BCUT2D eigenvalue weighted by atomic mass is 10.1. The minimum atomic E-state index is -0.0650. The van der Waals surface area contributed by atoms with E-state index in [4.69, 9.17) is 4.74 Å². The van der Waals surface area contributed by atoms with Crippen molar-refractivity contribution in [2.45, 2.75) is 77.9 Å². The van der Waals surface area contributed by atoms with Gasteiger partial charge in [-0.2, -0.15) is 0 Å². The third-order valence-electron chi connectivity index (χ3n) is 4.68. The van der Waals surface area contributed by atoms with Gasteiger partial charge < -0.3 is 15.0 Å². The fourth-order valence-electron chi connectivity index (χ4n) is 3.38. The van der Waals surface area contributed by atoms with Gasteiger partial charge in [0, 0.05) is 31.6 Å². The smallest absolute Gasteiger partial charge is 0.223 e. The molecule has 0 heterocycles. The number of amides is 2. The SMILES string of the molecule is CC(=O)N(CCC(=O)NC1CCCCCC1)c1ccc(OC(C)C)cc1. The number of benzene rings is 1. The molecule has 1 aliphatic rings. The zero-order valence-electron chi connectivity index (χ0n) is 16.3. The Kier molecular flexibility index (Phi) is 7.95. The van der Waals surface area contributed by atoms with Gasteiger partial charge in [-0.05, 0) is 51.0 Å². The molecule has 0 bridgehead atoms. The van der Waals surface area contributed by atoms with Gasteiger partial charge in [0.15, 0.2) is 0 Å². The average molecular weight is 360 g/mol. The molecule has 0 atom stereocenters. The topological polar surface area (TPSA) is 58.6 Å². The van der Waals surface area contributed by atoms with E-state index in [1.165, 1.54) is 32.6 Å². The maximum absolute atomic E-state index is 12.3. The number of nitrogens with zero attached hydrogens (tertiary/aromatic N) is 1. The van der Waals surface area contributed by atoms with Crippen LogP contribution >= 0.6 is 0 Å². The van der Waals surface area contributed by atoms with Crippen LogP contribution in [-0.2, 0) is 9.59 Å². The zero-order chi connectivity index (χ0) is 18.9. The molecule has 0 aliphatic heterocycles. The van der Waals surface area contributed by atoms with Crippen LogP contribution in [0.5, 0.6) is 5.75 Å². The molecular formula is C21H32N2O3. The molecule has 2 amide bonds. The number of ether oxygens (including phenoxy) is 1. The summed E-state index contributed by atoms with van der Waals surface area (Å²) in [5.74, 6) is 0.742. The van der Waals surface area contributed by atoms with Crippen LogP contribution in [0.15, 0.2) is 24.3 Å². The summed E-state index contributed by atoms with van der Waals surface area (Å²) in [6, 6.07) is 7.74. The Bertz CT molecular complexity index is 575. The van der Waals surface area contributed by atoms with Gasteiger partial charge >= 0.3 is 0 Å². The molecule has 1 aliphatic carbocycles. The van der Waals surface area contributed by atoms with E-state index < -0.39 is 0 Å². The lowest BCUT2D eigenvalue weighted by Crippen LogP contribution is -2.38. The molecule has 0 spiro atoms. The standard InChI is InChI=1S/C21H32N2O3/c1-16(2)26-20-12-10-19(11-13-20)23(17(3)24)15-14-21(25)22-18-8-6-4-5-7-9-18/h10-13,16,18H,4-9,14-15H2,1-3H3,(H,22,25). The Hall–Kier alpha value is -2.04. The minimum Gasteiger partial charge on any atom is -0.491 e. The summed E-state index contributed by atoms with van der Waals surface area (Å²) in [5.41, 5.74) is 0.788. The van der Waals surface area contributed by atoms with Crippen molar-refractivity contribution < 1.29 is 14.3 Å². The summed E-state index contributed by atoms with van der Waals surface area (Å²) >= 11 is 0. The monoisotopic (exact) mass is 360 g/mol.